The van der Waals surface area contributed by atoms with Gasteiger partial charge in [-0.25, -0.2) is 9.97 Å². The summed E-state index contributed by atoms with van der Waals surface area (Å²) in [7, 11) is 0. The van der Waals surface area contributed by atoms with E-state index >= 15 is 0 Å². The quantitative estimate of drug-likeness (QED) is 0.185. The zero-order chi connectivity index (χ0) is 26.7. The molecule has 0 saturated carbocycles. The SMILES string of the molecule is Cc1nc(C)c(-c2c3ccc(C(C)(C)C)cc3[n+](-c3ccccc3)c3cc(C(C)(C)C)ccc23)c(C)n1. The maximum atomic E-state index is 4.80. The zero-order valence-corrected chi connectivity index (χ0v) is 23.7. The minimum atomic E-state index is 0.0316. The molecule has 37 heavy (non-hydrogen) atoms. The maximum absolute atomic E-state index is 4.80. The van der Waals surface area contributed by atoms with Gasteiger partial charge in [0.1, 0.15) is 5.82 Å². The van der Waals surface area contributed by atoms with E-state index in [-0.39, 0.29) is 10.8 Å². The number of fused-ring (bicyclic) bond motifs is 2. The van der Waals surface area contributed by atoms with Crippen LogP contribution < -0.4 is 4.57 Å². The van der Waals surface area contributed by atoms with E-state index in [4.69, 9.17) is 9.97 Å². The maximum Gasteiger partial charge on any atom is 0.219 e. The topological polar surface area (TPSA) is 29.7 Å². The summed E-state index contributed by atoms with van der Waals surface area (Å²) in [6.45, 7) is 19.9. The Morgan fingerprint density at radius 2 is 1.03 bits per heavy atom. The van der Waals surface area contributed by atoms with Gasteiger partial charge in [-0.15, -0.1) is 0 Å². The second-order valence-electron chi connectivity index (χ2n) is 12.3. The summed E-state index contributed by atoms with van der Waals surface area (Å²) in [6.07, 6.45) is 0. The van der Waals surface area contributed by atoms with Crippen LogP contribution in [0.25, 0.3) is 38.6 Å². The number of rotatable bonds is 2. The van der Waals surface area contributed by atoms with Crippen molar-refractivity contribution in [3.63, 3.8) is 0 Å². The predicted octanol–water partition coefficient (Wildman–Crippen LogP) is 8.25. The molecular weight excluding hydrogens is 450 g/mol. The van der Waals surface area contributed by atoms with Crippen LogP contribution in [0.3, 0.4) is 0 Å². The molecule has 0 amide bonds. The summed E-state index contributed by atoms with van der Waals surface area (Å²) in [4.78, 5) is 9.60. The first-order valence-corrected chi connectivity index (χ1v) is 13.2. The molecule has 0 fully saturated rings. The lowest BCUT2D eigenvalue weighted by Gasteiger charge is -2.22. The number of aromatic nitrogens is 3. The highest BCUT2D eigenvalue weighted by Gasteiger charge is 2.28. The van der Waals surface area contributed by atoms with Gasteiger partial charge in [0, 0.05) is 46.8 Å². The van der Waals surface area contributed by atoms with Crippen LogP contribution in [-0.2, 0) is 10.8 Å². The standard InChI is InChI=1S/C34H38N3/c1-21-31(22(2)36-23(3)35-21)32-27-17-15-24(33(4,5)6)19-29(27)37(26-13-11-10-12-14-26)30-20-25(34(7,8)9)16-18-28(30)32/h10-20H,1-9H3/q+1. The number of benzene rings is 3. The third-order valence-electron chi connectivity index (χ3n) is 7.40. The second kappa shape index (κ2) is 8.76. The second-order valence-corrected chi connectivity index (χ2v) is 12.3. The molecule has 3 aromatic carbocycles. The molecule has 2 aromatic heterocycles. The molecule has 0 N–H and O–H groups in total. The molecule has 3 nitrogen and oxygen atoms in total. The molecule has 188 valence electrons. The number of hydrogen-bond donors (Lipinski definition) is 0. The summed E-state index contributed by atoms with van der Waals surface area (Å²) in [5, 5.41) is 2.43. The Bertz CT molecular complexity index is 1550. The molecule has 0 spiro atoms. The lowest BCUT2D eigenvalue weighted by atomic mass is 9.83. The summed E-state index contributed by atoms with van der Waals surface area (Å²) >= 11 is 0. The van der Waals surface area contributed by atoms with Gasteiger partial charge in [-0.3, -0.25) is 0 Å². The molecule has 0 saturated heterocycles. The smallest absolute Gasteiger partial charge is 0.219 e. The molecule has 2 heterocycles. The van der Waals surface area contributed by atoms with Crippen molar-refractivity contribution in [1.29, 1.82) is 0 Å². The summed E-state index contributed by atoms with van der Waals surface area (Å²) in [6, 6.07) is 24.7. The van der Waals surface area contributed by atoms with Gasteiger partial charge >= 0.3 is 0 Å². The third-order valence-corrected chi connectivity index (χ3v) is 7.40. The Hall–Kier alpha value is -3.59. The van der Waals surface area contributed by atoms with Crippen LogP contribution in [0.15, 0.2) is 66.7 Å². The highest BCUT2D eigenvalue weighted by atomic mass is 15.0. The minimum absolute atomic E-state index is 0.0316. The van der Waals surface area contributed by atoms with Crippen LogP contribution in [0.2, 0.25) is 0 Å². The molecule has 5 aromatic rings. The predicted molar refractivity (Wildman–Crippen MR) is 156 cm³/mol. The lowest BCUT2D eigenvalue weighted by Crippen LogP contribution is -2.34. The minimum Gasteiger partial charge on any atom is -0.238 e. The van der Waals surface area contributed by atoms with Gasteiger partial charge in [0.05, 0.1) is 10.8 Å². The summed E-state index contributed by atoms with van der Waals surface area (Å²) in [5.74, 6) is 0.813. The normalized spacial score (nSPS) is 12.5. The van der Waals surface area contributed by atoms with E-state index in [9.17, 15) is 0 Å². The summed E-state index contributed by atoms with van der Waals surface area (Å²) in [5.41, 5.74) is 10.6. The van der Waals surface area contributed by atoms with Crippen molar-refractivity contribution < 1.29 is 4.57 Å². The zero-order valence-electron chi connectivity index (χ0n) is 23.7. The van der Waals surface area contributed by atoms with Gasteiger partial charge < -0.3 is 0 Å². The van der Waals surface area contributed by atoms with Gasteiger partial charge in [-0.1, -0.05) is 71.9 Å². The molecule has 0 aliphatic carbocycles. The van der Waals surface area contributed by atoms with E-state index in [2.05, 4.69) is 127 Å². The average Bonchev–Trinajstić information content (AvgIpc) is 2.81. The molecule has 0 aliphatic heterocycles. The lowest BCUT2D eigenvalue weighted by molar-refractivity contribution is -0.538. The first kappa shape index (κ1) is 25.1. The Morgan fingerprint density at radius 1 is 0.568 bits per heavy atom. The molecule has 0 unspecified atom stereocenters. The van der Waals surface area contributed by atoms with Crippen LogP contribution >= 0.6 is 0 Å². The molecule has 0 atom stereocenters. The van der Waals surface area contributed by atoms with Crippen LogP contribution in [-0.4, -0.2) is 9.97 Å². The van der Waals surface area contributed by atoms with Gasteiger partial charge in [0.15, 0.2) is 0 Å². The molecule has 5 rings (SSSR count). The molecule has 0 radical (unpaired) electrons. The third kappa shape index (κ3) is 4.41. The van der Waals surface area contributed by atoms with E-state index in [1.165, 1.54) is 38.5 Å². The number of para-hydroxylation sites is 1. The number of pyridine rings is 1. The van der Waals surface area contributed by atoms with E-state index in [0.717, 1.165) is 28.5 Å². The monoisotopic (exact) mass is 488 g/mol. The van der Waals surface area contributed by atoms with Crippen molar-refractivity contribution in [2.24, 2.45) is 0 Å². The van der Waals surface area contributed by atoms with Crippen LogP contribution in [0.5, 0.6) is 0 Å². The highest BCUT2D eigenvalue weighted by Crippen LogP contribution is 2.40. The van der Waals surface area contributed by atoms with Crippen LogP contribution in [0.1, 0.15) is 69.9 Å². The van der Waals surface area contributed by atoms with Gasteiger partial charge in [0.2, 0.25) is 16.7 Å². The van der Waals surface area contributed by atoms with Crippen molar-refractivity contribution in [3.8, 4) is 16.8 Å². The van der Waals surface area contributed by atoms with Crippen molar-refractivity contribution in [1.82, 2.24) is 9.97 Å². The van der Waals surface area contributed by atoms with Gasteiger partial charge in [-0.2, -0.15) is 4.57 Å². The number of nitrogens with zero attached hydrogens (tertiary/aromatic N) is 3. The van der Waals surface area contributed by atoms with E-state index < -0.39 is 0 Å². The van der Waals surface area contributed by atoms with Crippen LogP contribution in [0, 0.1) is 20.8 Å². The van der Waals surface area contributed by atoms with Gasteiger partial charge in [0.25, 0.3) is 0 Å². The summed E-state index contributed by atoms with van der Waals surface area (Å²) < 4.78 is 2.44. The van der Waals surface area contributed by atoms with Crippen molar-refractivity contribution in [3.05, 3.63) is 95.1 Å². The fourth-order valence-electron chi connectivity index (χ4n) is 5.43. The van der Waals surface area contributed by atoms with Crippen molar-refractivity contribution in [2.45, 2.75) is 73.1 Å². The number of aryl methyl sites for hydroxylation is 3. The fraction of sp³-hybridized carbons (Fsp3) is 0.324. The van der Waals surface area contributed by atoms with Crippen molar-refractivity contribution >= 4 is 21.8 Å². The van der Waals surface area contributed by atoms with Gasteiger partial charge in [-0.05, 0) is 54.9 Å². The molecule has 3 heteroatoms. The fourth-order valence-corrected chi connectivity index (χ4v) is 5.43. The average molecular weight is 489 g/mol. The Balaban J connectivity index is 2.07. The number of hydrogen-bond acceptors (Lipinski definition) is 2. The Labute approximate surface area is 221 Å². The van der Waals surface area contributed by atoms with E-state index in [1.807, 2.05) is 6.92 Å². The first-order chi connectivity index (χ1) is 17.4. The first-order valence-electron chi connectivity index (χ1n) is 13.2. The highest BCUT2D eigenvalue weighted by molar-refractivity contribution is 6.08. The van der Waals surface area contributed by atoms with Crippen LogP contribution in [0.4, 0.5) is 0 Å². The molecule has 0 bridgehead atoms. The van der Waals surface area contributed by atoms with E-state index in [1.54, 1.807) is 0 Å². The van der Waals surface area contributed by atoms with E-state index in [0.29, 0.717) is 0 Å². The molecule has 0 aliphatic rings. The Kier molecular flexibility index (Phi) is 5.94. The van der Waals surface area contributed by atoms with Crippen molar-refractivity contribution in [2.75, 3.05) is 0 Å². The largest absolute Gasteiger partial charge is 0.238 e. The Morgan fingerprint density at radius 3 is 1.46 bits per heavy atom. The molecular formula is C34H38N3+.